The smallest absolute Gasteiger partial charge is 0.298 e. The third-order valence-corrected chi connectivity index (χ3v) is 5.35. The average molecular weight is 448 g/mol. The number of halogens is 3. The van der Waals surface area contributed by atoms with Crippen LogP contribution < -0.4 is 9.75 Å². The van der Waals surface area contributed by atoms with E-state index in [0.29, 0.717) is 18.4 Å². The molecule has 0 saturated carbocycles. The number of amides is 1. The molecule has 0 fully saturated rings. The van der Waals surface area contributed by atoms with Crippen LogP contribution in [0.4, 0.5) is 24.5 Å². The highest BCUT2D eigenvalue weighted by atomic mass is 19.3. The minimum Gasteiger partial charge on any atom is -0.491 e. The van der Waals surface area contributed by atoms with Gasteiger partial charge in [-0.15, -0.1) is 0 Å². The zero-order chi connectivity index (χ0) is 23.7. The van der Waals surface area contributed by atoms with E-state index in [9.17, 15) is 18.5 Å². The lowest BCUT2D eigenvalue weighted by molar-refractivity contribution is -0.472. The number of alkyl halides is 3. The number of hydrogen-bond donors (Lipinski definition) is 0. The molecular formula is C23H25F3N3O3+. The highest BCUT2D eigenvalue weighted by Crippen LogP contribution is 2.33. The summed E-state index contributed by atoms with van der Waals surface area (Å²) in [5, 5.41) is 4.90. The van der Waals surface area contributed by atoms with Gasteiger partial charge in [0.25, 0.3) is 23.2 Å². The molecule has 0 aromatic heterocycles. The van der Waals surface area contributed by atoms with Crippen molar-refractivity contribution in [3.05, 3.63) is 59.0 Å². The second kappa shape index (κ2) is 8.72. The van der Waals surface area contributed by atoms with Crippen LogP contribution in [0.1, 0.15) is 39.7 Å². The number of nitrogens with zero attached hydrogens (tertiary/aromatic N) is 3. The Labute approximate surface area is 184 Å². The molecule has 0 radical (unpaired) electrons. The van der Waals surface area contributed by atoms with E-state index in [-0.39, 0.29) is 27.8 Å². The van der Waals surface area contributed by atoms with Crippen LogP contribution in [-0.4, -0.2) is 34.7 Å². The lowest BCUT2D eigenvalue weighted by Gasteiger charge is -2.17. The molecule has 2 unspecified atom stereocenters. The number of benzene rings is 2. The molecule has 6 nitrogen and oxygen atoms in total. The Balaban J connectivity index is 1.79. The predicted octanol–water partition coefficient (Wildman–Crippen LogP) is 5.52. The Bertz CT molecular complexity index is 1050. The number of hydrazone groups is 1. The van der Waals surface area contributed by atoms with E-state index in [1.54, 1.807) is 24.3 Å². The molecule has 1 aliphatic rings. The van der Waals surface area contributed by atoms with Gasteiger partial charge in [0.15, 0.2) is 0 Å². The summed E-state index contributed by atoms with van der Waals surface area (Å²) in [6, 6.07) is 11.2. The van der Waals surface area contributed by atoms with E-state index in [4.69, 9.17) is 4.74 Å². The van der Waals surface area contributed by atoms with Gasteiger partial charge in [-0.2, -0.15) is 10.1 Å². The van der Waals surface area contributed by atoms with Crippen LogP contribution >= 0.6 is 0 Å². The number of carbonyl (C=O) groups excluding carboxylic acids is 1. The minimum atomic E-state index is -3.16. The number of hydrogen-bond acceptors (Lipinski definition) is 4. The molecule has 0 saturated heterocycles. The summed E-state index contributed by atoms with van der Waals surface area (Å²) >= 11 is 0. The van der Waals surface area contributed by atoms with Gasteiger partial charge in [-0.05, 0) is 44.5 Å². The Morgan fingerprint density at radius 1 is 1.22 bits per heavy atom. The van der Waals surface area contributed by atoms with Crippen molar-refractivity contribution < 1.29 is 27.5 Å². The molecule has 170 valence electrons. The van der Waals surface area contributed by atoms with Gasteiger partial charge in [0.1, 0.15) is 5.75 Å². The van der Waals surface area contributed by atoms with Crippen molar-refractivity contribution in [2.24, 2.45) is 5.10 Å². The standard InChI is InChI=1S/C23H25F3N3O3/c1-5-15(2)32-20-11-9-18(10-12-20)29-21(30)23(26,16(3)27-29)14-28(31)19-8-6-7-17(13-19)22(4,24)25/h6-13,15H,5,14H2,1-4H3/q+1. The van der Waals surface area contributed by atoms with Crippen LogP contribution in [0.25, 0.3) is 0 Å². The summed E-state index contributed by atoms with van der Waals surface area (Å²) in [6.07, 6.45) is 0.840. The maximum Gasteiger partial charge on any atom is 0.298 e. The summed E-state index contributed by atoms with van der Waals surface area (Å²) in [5.74, 6) is -3.59. The van der Waals surface area contributed by atoms with Crippen molar-refractivity contribution in [2.45, 2.75) is 51.8 Å². The van der Waals surface area contributed by atoms with Crippen LogP contribution in [0.5, 0.6) is 5.75 Å². The number of carbonyl (C=O) groups is 1. The SMILES string of the molecule is CCC(C)Oc1ccc(N2N=C(C)C(F)(C[N+](=O)c3cccc(C(C)(F)F)c3)C2=O)cc1. The second-order valence-corrected chi connectivity index (χ2v) is 7.91. The molecule has 1 amide bonds. The summed E-state index contributed by atoms with van der Waals surface area (Å²) in [4.78, 5) is 25.4. The average Bonchev–Trinajstić information content (AvgIpc) is 2.97. The van der Waals surface area contributed by atoms with Crippen LogP contribution in [0.2, 0.25) is 0 Å². The molecule has 0 aliphatic carbocycles. The fourth-order valence-electron chi connectivity index (χ4n) is 3.16. The third-order valence-electron chi connectivity index (χ3n) is 5.35. The highest BCUT2D eigenvalue weighted by Gasteiger charge is 2.55. The van der Waals surface area contributed by atoms with Gasteiger partial charge in [-0.25, -0.2) is 13.2 Å². The van der Waals surface area contributed by atoms with E-state index in [1.807, 2.05) is 13.8 Å². The lowest BCUT2D eigenvalue weighted by Crippen LogP contribution is -2.47. The zero-order valence-corrected chi connectivity index (χ0v) is 18.3. The first kappa shape index (κ1) is 23.4. The van der Waals surface area contributed by atoms with Crippen molar-refractivity contribution in [1.29, 1.82) is 0 Å². The Morgan fingerprint density at radius 2 is 1.88 bits per heavy atom. The van der Waals surface area contributed by atoms with E-state index < -0.39 is 24.0 Å². The number of ether oxygens (including phenoxy) is 1. The first-order valence-electron chi connectivity index (χ1n) is 10.2. The van der Waals surface area contributed by atoms with Crippen LogP contribution in [0.3, 0.4) is 0 Å². The molecule has 0 bridgehead atoms. The monoisotopic (exact) mass is 448 g/mol. The Morgan fingerprint density at radius 3 is 2.47 bits per heavy atom. The van der Waals surface area contributed by atoms with Gasteiger partial charge in [0.05, 0.1) is 17.5 Å². The van der Waals surface area contributed by atoms with Gasteiger partial charge < -0.3 is 4.74 Å². The summed E-state index contributed by atoms with van der Waals surface area (Å²) in [6.45, 7) is 5.01. The maximum atomic E-state index is 15.7. The van der Waals surface area contributed by atoms with Gasteiger partial charge >= 0.3 is 0 Å². The molecule has 1 heterocycles. The quantitative estimate of drug-likeness (QED) is 0.500. The summed E-state index contributed by atoms with van der Waals surface area (Å²) < 4.78 is 48.7. The maximum absolute atomic E-state index is 15.7. The summed E-state index contributed by atoms with van der Waals surface area (Å²) in [7, 11) is 0. The normalized spacial score (nSPS) is 19.7. The van der Waals surface area contributed by atoms with E-state index in [0.717, 1.165) is 17.5 Å². The van der Waals surface area contributed by atoms with Crippen LogP contribution in [-0.2, 0) is 10.7 Å². The fraction of sp³-hybridized carbons (Fsp3) is 0.391. The molecule has 32 heavy (non-hydrogen) atoms. The molecule has 1 aliphatic heterocycles. The number of rotatable bonds is 8. The van der Waals surface area contributed by atoms with E-state index in [1.165, 1.54) is 25.1 Å². The third kappa shape index (κ3) is 4.66. The molecule has 2 aromatic rings. The topological polar surface area (TPSA) is 62.0 Å². The van der Waals surface area contributed by atoms with Crippen molar-refractivity contribution in [1.82, 2.24) is 0 Å². The number of nitroso groups, excluding NO2 is 1. The van der Waals surface area contributed by atoms with Crippen molar-refractivity contribution >= 4 is 23.0 Å². The first-order valence-corrected chi connectivity index (χ1v) is 10.2. The zero-order valence-electron chi connectivity index (χ0n) is 18.3. The van der Waals surface area contributed by atoms with Crippen molar-refractivity contribution in [3.63, 3.8) is 0 Å². The molecule has 9 heteroatoms. The van der Waals surface area contributed by atoms with Crippen LogP contribution in [0, 0.1) is 4.91 Å². The first-order chi connectivity index (χ1) is 15.0. The van der Waals surface area contributed by atoms with Crippen molar-refractivity contribution in [2.75, 3.05) is 11.6 Å². The van der Waals surface area contributed by atoms with Gasteiger partial charge in [-0.1, -0.05) is 19.1 Å². The number of anilines is 1. The Kier molecular flexibility index (Phi) is 6.39. The van der Waals surface area contributed by atoms with Crippen molar-refractivity contribution in [3.8, 4) is 5.75 Å². The largest absolute Gasteiger partial charge is 0.491 e. The molecule has 0 N–H and O–H groups in total. The molecule has 3 rings (SSSR count). The minimum absolute atomic E-state index is 0.0159. The van der Waals surface area contributed by atoms with E-state index in [2.05, 4.69) is 5.10 Å². The van der Waals surface area contributed by atoms with Gasteiger partial charge in [-0.3, -0.25) is 4.79 Å². The lowest BCUT2D eigenvalue weighted by atomic mass is 10.00. The second-order valence-electron chi connectivity index (χ2n) is 7.91. The molecular weight excluding hydrogens is 423 g/mol. The van der Waals surface area contributed by atoms with E-state index >= 15 is 4.39 Å². The molecule has 0 spiro atoms. The van der Waals surface area contributed by atoms with Crippen LogP contribution in [0.15, 0.2) is 53.6 Å². The predicted molar refractivity (Wildman–Crippen MR) is 115 cm³/mol. The Hall–Kier alpha value is -3.23. The summed E-state index contributed by atoms with van der Waals surface area (Å²) in [5.41, 5.74) is -3.13. The highest BCUT2D eigenvalue weighted by molar-refractivity contribution is 6.21. The fourth-order valence-corrected chi connectivity index (χ4v) is 3.16. The van der Waals surface area contributed by atoms with Gasteiger partial charge in [0, 0.05) is 34.3 Å². The van der Waals surface area contributed by atoms with Gasteiger partial charge in [0.2, 0.25) is 6.54 Å². The molecule has 2 aromatic carbocycles. The molecule has 2 atom stereocenters.